The van der Waals surface area contributed by atoms with Crippen molar-refractivity contribution >= 4 is 10.0 Å². The third-order valence-electron chi connectivity index (χ3n) is 6.77. The highest BCUT2D eigenvalue weighted by molar-refractivity contribution is 7.89. The predicted octanol–water partition coefficient (Wildman–Crippen LogP) is 3.34. The van der Waals surface area contributed by atoms with Crippen molar-refractivity contribution in [3.05, 3.63) is 48.0 Å². The number of rotatable bonds is 7. The van der Waals surface area contributed by atoms with E-state index in [1.54, 1.807) is 37.3 Å². The van der Waals surface area contributed by atoms with Crippen molar-refractivity contribution in [2.75, 3.05) is 33.3 Å². The lowest BCUT2D eigenvalue weighted by Crippen LogP contribution is -2.49. The Morgan fingerprint density at radius 1 is 1.18 bits per heavy atom. The van der Waals surface area contributed by atoms with E-state index in [4.69, 9.17) is 10.00 Å². The van der Waals surface area contributed by atoms with E-state index in [-0.39, 0.29) is 30.1 Å². The van der Waals surface area contributed by atoms with Crippen LogP contribution in [0.1, 0.15) is 32.3 Å². The van der Waals surface area contributed by atoms with Crippen LogP contribution in [-0.4, -0.2) is 68.2 Å². The first-order valence-electron chi connectivity index (χ1n) is 11.9. The minimum Gasteiger partial charge on any atom is -0.487 e. The van der Waals surface area contributed by atoms with Crippen LogP contribution in [0.25, 0.3) is 11.1 Å². The summed E-state index contributed by atoms with van der Waals surface area (Å²) in [5, 5.41) is 18.9. The van der Waals surface area contributed by atoms with Crippen LogP contribution in [0.15, 0.2) is 47.4 Å². The first kappa shape index (κ1) is 24.7. The molecule has 1 N–H and O–H groups in total. The van der Waals surface area contributed by atoms with Gasteiger partial charge in [0.05, 0.1) is 18.2 Å². The molecule has 1 aliphatic heterocycles. The van der Waals surface area contributed by atoms with Gasteiger partial charge in [-0.3, -0.25) is 0 Å². The maximum absolute atomic E-state index is 13.6. The fourth-order valence-corrected chi connectivity index (χ4v) is 6.31. The minimum atomic E-state index is -3.87. The lowest BCUT2D eigenvalue weighted by molar-refractivity contribution is 0.0741. The van der Waals surface area contributed by atoms with Gasteiger partial charge in [0.15, 0.2) is 0 Å². The second-order valence-electron chi connectivity index (χ2n) is 9.76. The first-order valence-corrected chi connectivity index (χ1v) is 13.3. The largest absolute Gasteiger partial charge is 0.487 e. The molecule has 4 rings (SSSR count). The van der Waals surface area contributed by atoms with E-state index in [2.05, 4.69) is 18.0 Å². The van der Waals surface area contributed by atoms with Gasteiger partial charge < -0.3 is 14.7 Å². The summed E-state index contributed by atoms with van der Waals surface area (Å²) in [6, 6.07) is 13.9. The lowest BCUT2D eigenvalue weighted by Gasteiger charge is -2.37. The van der Waals surface area contributed by atoms with Crippen LogP contribution < -0.4 is 4.74 Å². The summed E-state index contributed by atoms with van der Waals surface area (Å²) in [6.45, 7) is 5.48. The van der Waals surface area contributed by atoms with Crippen molar-refractivity contribution in [2.45, 2.75) is 43.7 Å². The molecule has 0 unspecified atom stereocenters. The van der Waals surface area contributed by atoms with Crippen molar-refractivity contribution in [2.24, 2.45) is 11.8 Å². The monoisotopic (exact) mass is 483 g/mol. The molecule has 2 aromatic rings. The van der Waals surface area contributed by atoms with E-state index in [1.165, 1.54) is 17.1 Å². The molecule has 1 aliphatic carbocycles. The summed E-state index contributed by atoms with van der Waals surface area (Å²) in [4.78, 5) is 2.39. The number of aliphatic hydroxyl groups is 1. The van der Waals surface area contributed by atoms with Gasteiger partial charge in [0.2, 0.25) is 10.0 Å². The molecule has 0 radical (unpaired) electrons. The zero-order valence-electron chi connectivity index (χ0n) is 20.0. The van der Waals surface area contributed by atoms with Crippen LogP contribution in [0.5, 0.6) is 5.75 Å². The number of hydrogen-bond donors (Lipinski definition) is 1. The third kappa shape index (κ3) is 5.28. The highest BCUT2D eigenvalue weighted by atomic mass is 32.2. The van der Waals surface area contributed by atoms with Gasteiger partial charge in [-0.15, -0.1) is 0 Å². The number of aliphatic hydroxyl groups excluding tert-OH is 1. The van der Waals surface area contributed by atoms with E-state index >= 15 is 0 Å². The van der Waals surface area contributed by atoms with E-state index in [0.29, 0.717) is 17.9 Å². The molecular weight excluding hydrogens is 450 g/mol. The summed E-state index contributed by atoms with van der Waals surface area (Å²) >= 11 is 0. The van der Waals surface area contributed by atoms with Crippen molar-refractivity contribution in [3.63, 3.8) is 0 Å². The summed E-state index contributed by atoms with van der Waals surface area (Å²) in [5.41, 5.74) is 2.26. The number of sulfonamides is 1. The van der Waals surface area contributed by atoms with Crippen molar-refractivity contribution in [1.29, 1.82) is 5.26 Å². The van der Waals surface area contributed by atoms with Crippen molar-refractivity contribution in [3.8, 4) is 22.9 Å². The number of nitrogens with zero attached hydrogens (tertiary/aromatic N) is 3. The Hall–Kier alpha value is -2.44. The van der Waals surface area contributed by atoms with Gasteiger partial charge in [0.25, 0.3) is 0 Å². The molecular formula is C26H33N3O4S. The van der Waals surface area contributed by atoms with Gasteiger partial charge in [-0.2, -0.15) is 9.57 Å². The minimum absolute atomic E-state index is 0.0721. The predicted molar refractivity (Wildman–Crippen MR) is 131 cm³/mol. The van der Waals surface area contributed by atoms with Crippen LogP contribution in [0.4, 0.5) is 0 Å². The molecule has 7 nitrogen and oxygen atoms in total. The number of ether oxygens (including phenoxy) is 1. The SMILES string of the molecule is C[C@H]1CN([C@@H](C)CO)S(=O)(=O)c2ccc(-c3ccc(C#N)cc3)cc2O[C@H]1CN(C)CC1CC1. The van der Waals surface area contributed by atoms with E-state index < -0.39 is 16.1 Å². The second kappa shape index (κ2) is 10.0. The fraction of sp³-hybridized carbons (Fsp3) is 0.500. The Labute approximate surface area is 202 Å². The summed E-state index contributed by atoms with van der Waals surface area (Å²) in [6.07, 6.45) is 2.33. The van der Waals surface area contributed by atoms with Gasteiger partial charge >= 0.3 is 0 Å². The van der Waals surface area contributed by atoms with Gasteiger partial charge in [-0.25, -0.2) is 8.42 Å². The number of hydrogen-bond acceptors (Lipinski definition) is 6. The molecule has 8 heteroatoms. The molecule has 1 saturated carbocycles. The Morgan fingerprint density at radius 3 is 2.47 bits per heavy atom. The second-order valence-corrected chi connectivity index (χ2v) is 11.6. The first-order chi connectivity index (χ1) is 16.2. The van der Waals surface area contributed by atoms with Gasteiger partial charge in [-0.05, 0) is 68.1 Å². The maximum Gasteiger partial charge on any atom is 0.247 e. The number of fused-ring (bicyclic) bond motifs is 1. The van der Waals surface area contributed by atoms with Gasteiger partial charge in [0.1, 0.15) is 16.7 Å². The molecule has 0 amide bonds. The topological polar surface area (TPSA) is 93.9 Å². The maximum atomic E-state index is 13.6. The Bertz CT molecular complexity index is 1160. The molecule has 0 aromatic heterocycles. The van der Waals surface area contributed by atoms with E-state index in [1.807, 2.05) is 19.1 Å². The molecule has 2 aliphatic rings. The van der Waals surface area contributed by atoms with E-state index in [0.717, 1.165) is 23.6 Å². The van der Waals surface area contributed by atoms with Crippen LogP contribution in [0.3, 0.4) is 0 Å². The summed E-state index contributed by atoms with van der Waals surface area (Å²) in [7, 11) is -1.78. The Morgan fingerprint density at radius 2 is 1.85 bits per heavy atom. The van der Waals surface area contributed by atoms with Crippen LogP contribution in [0.2, 0.25) is 0 Å². The van der Waals surface area contributed by atoms with Crippen LogP contribution in [0, 0.1) is 23.2 Å². The molecule has 0 saturated heterocycles. The van der Waals surface area contributed by atoms with Gasteiger partial charge in [0, 0.05) is 31.6 Å². The molecule has 1 heterocycles. The van der Waals surface area contributed by atoms with Crippen molar-refractivity contribution < 1.29 is 18.3 Å². The number of likely N-dealkylation sites (N-methyl/N-ethyl adjacent to an activating group) is 1. The highest BCUT2D eigenvalue weighted by Crippen LogP contribution is 2.37. The van der Waals surface area contributed by atoms with Crippen LogP contribution >= 0.6 is 0 Å². The number of nitriles is 1. The molecule has 1 fully saturated rings. The lowest BCUT2D eigenvalue weighted by atomic mass is 10.0. The average molecular weight is 484 g/mol. The van der Waals surface area contributed by atoms with Crippen LogP contribution in [-0.2, 0) is 10.0 Å². The average Bonchev–Trinajstić information content (AvgIpc) is 3.64. The number of benzene rings is 2. The normalized spacial score (nSPS) is 23.3. The summed E-state index contributed by atoms with van der Waals surface area (Å²) in [5.74, 6) is 1.00. The summed E-state index contributed by atoms with van der Waals surface area (Å²) < 4.78 is 35.1. The molecule has 0 spiro atoms. The zero-order valence-corrected chi connectivity index (χ0v) is 20.8. The molecule has 2 aromatic carbocycles. The van der Waals surface area contributed by atoms with E-state index in [9.17, 15) is 13.5 Å². The third-order valence-corrected chi connectivity index (χ3v) is 8.79. The standard InChI is InChI=1S/C26H33N3O4S/c1-18-14-29(19(2)17-30)34(31,32)26-11-10-23(22-8-6-20(13-27)7-9-22)12-24(26)33-25(18)16-28(3)15-21-4-5-21/h6-12,18-19,21,25,30H,4-5,14-17H2,1-3H3/t18-,19-,25-/m0/s1. The zero-order chi connectivity index (χ0) is 24.5. The molecule has 0 bridgehead atoms. The highest BCUT2D eigenvalue weighted by Gasteiger charge is 2.38. The van der Waals surface area contributed by atoms with Gasteiger partial charge in [-0.1, -0.05) is 25.1 Å². The smallest absolute Gasteiger partial charge is 0.247 e. The molecule has 34 heavy (non-hydrogen) atoms. The molecule has 3 atom stereocenters. The Kier molecular flexibility index (Phi) is 7.29. The molecule has 182 valence electrons. The Balaban J connectivity index is 1.74. The fourth-order valence-electron chi connectivity index (χ4n) is 4.48. The van der Waals surface area contributed by atoms with Crippen molar-refractivity contribution in [1.82, 2.24) is 9.21 Å². The quantitative estimate of drug-likeness (QED) is 0.649.